The van der Waals surface area contributed by atoms with Crippen LogP contribution in [0.5, 0.6) is 0 Å². The van der Waals surface area contributed by atoms with Crippen molar-refractivity contribution in [2.45, 2.75) is 6.92 Å². The van der Waals surface area contributed by atoms with Gasteiger partial charge in [0.15, 0.2) is 0 Å². The number of anilines is 1. The lowest BCUT2D eigenvalue weighted by Crippen LogP contribution is -2.51. The van der Waals surface area contributed by atoms with Gasteiger partial charge in [-0.3, -0.25) is 43.3 Å². The molecule has 0 bridgehead atoms. The maximum absolute atomic E-state index is 7.78. The van der Waals surface area contributed by atoms with Gasteiger partial charge in [0.1, 0.15) is 0 Å². The van der Waals surface area contributed by atoms with Crippen molar-refractivity contribution in [2.24, 2.45) is 11.5 Å². The fourth-order valence-corrected chi connectivity index (χ4v) is 1.51. The van der Waals surface area contributed by atoms with Crippen LogP contribution in [0.2, 0.25) is 0 Å². The Labute approximate surface area is 152 Å². The number of rotatable bonds is 2. The van der Waals surface area contributed by atoms with Crippen LogP contribution in [0.15, 0.2) is 30.3 Å². The average molecular weight is 364 g/mol. The van der Waals surface area contributed by atoms with Crippen molar-refractivity contribution in [3.8, 4) is 0 Å². The van der Waals surface area contributed by atoms with Gasteiger partial charge in [-0.15, -0.1) is 0 Å². The summed E-state index contributed by atoms with van der Waals surface area (Å²) in [5, 5.41) is 28.6. The number of nitrogens with two attached hydrogens (primary N) is 2. The zero-order valence-electron chi connectivity index (χ0n) is 15.1. The molecule has 0 fully saturated rings. The van der Waals surface area contributed by atoms with Gasteiger partial charge >= 0.3 is 0 Å². The number of benzene rings is 1. The van der Waals surface area contributed by atoms with E-state index in [9.17, 15) is 0 Å². The third-order valence-corrected chi connectivity index (χ3v) is 2.73. The molecule has 12 heteroatoms. The maximum Gasteiger partial charge on any atom is 0.214 e. The number of guanidine groups is 4. The summed E-state index contributed by atoms with van der Waals surface area (Å²) in [6.07, 6.45) is 0. The highest BCUT2D eigenvalue weighted by atomic mass is 15.5. The molecule has 12 N–H and O–H groups in total. The average Bonchev–Trinajstić information content (AvgIpc) is 2.59. The summed E-state index contributed by atoms with van der Waals surface area (Å²) in [7, 11) is 3.41. The van der Waals surface area contributed by atoms with Gasteiger partial charge in [-0.05, 0) is 19.1 Å². The van der Waals surface area contributed by atoms with E-state index in [1.165, 1.54) is 4.90 Å². The Morgan fingerprint density at radius 2 is 1.31 bits per heavy atom. The van der Waals surface area contributed by atoms with Crippen LogP contribution in [0.3, 0.4) is 0 Å². The van der Waals surface area contributed by atoms with Gasteiger partial charge in [0.05, 0.1) is 0 Å². The first kappa shape index (κ1) is 22.3. The molecular formula is C14H28N12. The summed E-state index contributed by atoms with van der Waals surface area (Å²) in [6, 6.07) is 9.55. The van der Waals surface area contributed by atoms with Crippen LogP contribution in [0.1, 0.15) is 6.92 Å². The molecule has 0 aliphatic rings. The summed E-state index contributed by atoms with van der Waals surface area (Å²) in [6.45, 7) is 2.59. The van der Waals surface area contributed by atoms with Crippen molar-refractivity contribution < 1.29 is 0 Å². The van der Waals surface area contributed by atoms with E-state index < -0.39 is 0 Å². The zero-order valence-corrected chi connectivity index (χ0v) is 15.1. The molecule has 1 aromatic rings. The fourth-order valence-electron chi connectivity index (χ4n) is 1.51. The van der Waals surface area contributed by atoms with Crippen molar-refractivity contribution in [3.05, 3.63) is 30.3 Å². The van der Waals surface area contributed by atoms with Gasteiger partial charge in [0, 0.05) is 26.3 Å². The number of hydrogen-bond acceptors (Lipinski definition) is 4. The van der Waals surface area contributed by atoms with Gasteiger partial charge in [0.2, 0.25) is 23.8 Å². The first-order chi connectivity index (χ1) is 12.2. The number of nitrogens with zero attached hydrogens (tertiary/aromatic N) is 2. The van der Waals surface area contributed by atoms with Crippen LogP contribution in [-0.4, -0.2) is 49.4 Å². The first-order valence-corrected chi connectivity index (χ1v) is 7.58. The van der Waals surface area contributed by atoms with Crippen LogP contribution >= 0.6 is 0 Å². The minimum Gasteiger partial charge on any atom is -0.369 e. The Kier molecular flexibility index (Phi) is 10.1. The molecule has 0 amide bonds. The third kappa shape index (κ3) is 9.44. The molecule has 1 aromatic carbocycles. The van der Waals surface area contributed by atoms with E-state index in [0.717, 1.165) is 5.69 Å². The van der Waals surface area contributed by atoms with Gasteiger partial charge < -0.3 is 21.3 Å². The molecule has 0 unspecified atom stereocenters. The highest BCUT2D eigenvalue weighted by molar-refractivity contribution is 5.94. The molecular weight excluding hydrogens is 336 g/mol. The molecule has 0 atom stereocenters. The minimum atomic E-state index is -0.228. The standard InChI is InChI=1S/C10H16N6.C4H12N6/c1-2-16(8-6-4-3-5-7-8)10(13)15-14-9(11)12;1-10(2)4(7)9-8-3(5)6/h3-7H,2H2,1H3,(H2,13,15)(H4,11,12,14);1-2H3,(H2,7,9)(H4,5,6,8). The molecule has 0 aliphatic carbocycles. The highest BCUT2D eigenvalue weighted by Crippen LogP contribution is 2.11. The van der Waals surface area contributed by atoms with Crippen molar-refractivity contribution in [2.75, 3.05) is 25.5 Å². The van der Waals surface area contributed by atoms with Gasteiger partial charge in [0.25, 0.3) is 0 Å². The molecule has 12 nitrogen and oxygen atoms in total. The summed E-state index contributed by atoms with van der Waals surface area (Å²) in [5.41, 5.74) is 20.5. The Balaban J connectivity index is 0.000000541. The summed E-state index contributed by atoms with van der Waals surface area (Å²) in [4.78, 5) is 3.28. The van der Waals surface area contributed by atoms with E-state index in [2.05, 4.69) is 21.7 Å². The quantitative estimate of drug-likeness (QED) is 0.177. The van der Waals surface area contributed by atoms with Crippen LogP contribution in [0, 0.1) is 21.6 Å². The molecule has 0 spiro atoms. The largest absolute Gasteiger partial charge is 0.369 e. The van der Waals surface area contributed by atoms with E-state index in [-0.39, 0.29) is 23.8 Å². The Bertz CT molecular complexity index is 597. The summed E-state index contributed by atoms with van der Waals surface area (Å²) < 4.78 is 0. The lowest BCUT2D eigenvalue weighted by molar-refractivity contribution is 0.570. The van der Waals surface area contributed by atoms with Crippen LogP contribution < -0.4 is 38.1 Å². The number of hydrogen-bond donors (Lipinski definition) is 10. The topological polar surface area (TPSA) is 202 Å². The van der Waals surface area contributed by atoms with Crippen LogP contribution in [0.25, 0.3) is 0 Å². The van der Waals surface area contributed by atoms with E-state index >= 15 is 0 Å². The van der Waals surface area contributed by atoms with E-state index in [1.54, 1.807) is 19.0 Å². The van der Waals surface area contributed by atoms with Crippen LogP contribution in [0.4, 0.5) is 5.69 Å². The lowest BCUT2D eigenvalue weighted by Gasteiger charge is -2.24. The minimum absolute atomic E-state index is 0.143. The number of nitrogens with one attached hydrogen (secondary N) is 8. The first-order valence-electron chi connectivity index (χ1n) is 7.58. The smallest absolute Gasteiger partial charge is 0.214 e. The predicted octanol–water partition coefficient (Wildman–Crippen LogP) is -1.09. The van der Waals surface area contributed by atoms with Crippen molar-refractivity contribution in [1.29, 1.82) is 21.6 Å². The zero-order chi connectivity index (χ0) is 20.1. The molecule has 0 aliphatic heterocycles. The van der Waals surface area contributed by atoms with Crippen molar-refractivity contribution >= 4 is 29.5 Å². The monoisotopic (exact) mass is 364 g/mol. The SMILES string of the molecule is CCN(C(=N)NNC(=N)N)c1ccccc1.CN(C)C(=N)NNC(=N)N. The Hall–Kier alpha value is -3.70. The van der Waals surface area contributed by atoms with E-state index in [1.807, 2.05) is 37.3 Å². The van der Waals surface area contributed by atoms with Crippen molar-refractivity contribution in [3.63, 3.8) is 0 Å². The summed E-state index contributed by atoms with van der Waals surface area (Å²) in [5.74, 6) is -0.153. The van der Waals surface area contributed by atoms with Crippen LogP contribution in [-0.2, 0) is 0 Å². The molecule has 1 rings (SSSR count). The normalized spacial score (nSPS) is 8.88. The second-order valence-electron chi connectivity index (χ2n) is 5.00. The number of hydrazine groups is 2. The molecule has 0 heterocycles. The van der Waals surface area contributed by atoms with Gasteiger partial charge in [-0.2, -0.15) is 0 Å². The predicted molar refractivity (Wildman–Crippen MR) is 105 cm³/mol. The third-order valence-electron chi connectivity index (χ3n) is 2.73. The van der Waals surface area contributed by atoms with Crippen molar-refractivity contribution in [1.82, 2.24) is 26.6 Å². The fraction of sp³-hybridized carbons (Fsp3) is 0.286. The molecule has 0 aromatic heterocycles. The molecule has 144 valence electrons. The second kappa shape index (κ2) is 11.8. The number of para-hydroxylation sites is 1. The molecule has 0 saturated heterocycles. The Morgan fingerprint density at radius 1 is 0.846 bits per heavy atom. The molecule has 0 saturated carbocycles. The molecule has 26 heavy (non-hydrogen) atoms. The van der Waals surface area contributed by atoms with E-state index in [0.29, 0.717) is 6.54 Å². The summed E-state index contributed by atoms with van der Waals surface area (Å²) >= 11 is 0. The second-order valence-corrected chi connectivity index (χ2v) is 5.00. The Morgan fingerprint density at radius 3 is 1.69 bits per heavy atom. The van der Waals surface area contributed by atoms with Gasteiger partial charge in [-0.25, -0.2) is 0 Å². The lowest BCUT2D eigenvalue weighted by atomic mass is 10.3. The van der Waals surface area contributed by atoms with Gasteiger partial charge in [-0.1, -0.05) is 18.2 Å². The maximum atomic E-state index is 7.78. The molecule has 0 radical (unpaired) electrons. The van der Waals surface area contributed by atoms with E-state index in [4.69, 9.17) is 33.1 Å². The highest BCUT2D eigenvalue weighted by Gasteiger charge is 2.08.